The first-order valence-corrected chi connectivity index (χ1v) is 13.3. The van der Waals surface area contributed by atoms with Gasteiger partial charge in [-0.3, -0.25) is 9.59 Å². The van der Waals surface area contributed by atoms with Crippen LogP contribution < -0.4 is 14.7 Å². The number of carbonyl (C=O) groups is 2. The normalized spacial score (nSPS) is 11.7. The maximum Gasteiger partial charge on any atom is 0.310 e. The molecule has 0 bridgehead atoms. The summed E-state index contributed by atoms with van der Waals surface area (Å²) in [5.41, 5.74) is 0.357. The predicted octanol–water partition coefficient (Wildman–Crippen LogP) is 3.79. The highest BCUT2D eigenvalue weighted by molar-refractivity contribution is 6.89. The first-order chi connectivity index (χ1) is 12.9. The molecule has 28 heavy (non-hydrogen) atoms. The molecule has 1 aromatic rings. The molecule has 1 amide bonds. The zero-order valence-corrected chi connectivity index (χ0v) is 19.7. The van der Waals surface area contributed by atoms with Gasteiger partial charge in [0.25, 0.3) is 5.91 Å². The minimum Gasteiger partial charge on any atom is -0.468 e. The van der Waals surface area contributed by atoms with Gasteiger partial charge in [0.05, 0.1) is 13.6 Å². The molecule has 0 unspecified atom stereocenters. The maximum atomic E-state index is 13.5. The highest BCUT2D eigenvalue weighted by Gasteiger charge is 2.32. The molecule has 1 aromatic carbocycles. The van der Waals surface area contributed by atoms with E-state index in [2.05, 4.69) is 19.6 Å². The summed E-state index contributed by atoms with van der Waals surface area (Å²) < 4.78 is 16.4. The number of hydrogen-bond donors (Lipinski definition) is 0. The van der Waals surface area contributed by atoms with Crippen LogP contribution >= 0.6 is 0 Å². The second-order valence-electron chi connectivity index (χ2n) is 8.38. The lowest BCUT2D eigenvalue weighted by Gasteiger charge is -2.32. The van der Waals surface area contributed by atoms with Gasteiger partial charge in [-0.05, 0) is 45.0 Å². The highest BCUT2D eigenvalue weighted by atomic mass is 28.3. The molecule has 0 aliphatic heterocycles. The highest BCUT2D eigenvalue weighted by Crippen LogP contribution is 2.29. The van der Waals surface area contributed by atoms with Crippen molar-refractivity contribution in [2.75, 3.05) is 13.9 Å². The van der Waals surface area contributed by atoms with Gasteiger partial charge in [-0.2, -0.15) is 0 Å². The largest absolute Gasteiger partial charge is 0.468 e. The quantitative estimate of drug-likeness (QED) is 0.269. The molecular weight excluding hydrogens is 374 g/mol. The van der Waals surface area contributed by atoms with Gasteiger partial charge in [0.15, 0.2) is 6.79 Å². The van der Waals surface area contributed by atoms with Crippen LogP contribution in [0.25, 0.3) is 0 Å². The van der Waals surface area contributed by atoms with E-state index in [1.165, 1.54) is 0 Å². The summed E-state index contributed by atoms with van der Waals surface area (Å²) in [5, 5.41) is 0.874. The third-order valence-corrected chi connectivity index (χ3v) is 6.28. The lowest BCUT2D eigenvalue weighted by atomic mass is 10.1. The molecule has 0 fully saturated rings. The van der Waals surface area contributed by atoms with Crippen LogP contribution in [0.15, 0.2) is 12.1 Å². The minimum absolute atomic E-state index is 0.00103. The molecule has 0 heterocycles. The molecule has 0 saturated carbocycles. The van der Waals surface area contributed by atoms with E-state index in [4.69, 9.17) is 14.2 Å². The summed E-state index contributed by atoms with van der Waals surface area (Å²) in [7, 11) is -0.419. The molecular formula is C21H35NO5Si. The number of hydrogen-bond acceptors (Lipinski definition) is 5. The maximum absolute atomic E-state index is 13.5. The third-order valence-electron chi connectivity index (χ3n) is 4.30. The monoisotopic (exact) mass is 409 g/mol. The Kier molecular flexibility index (Phi) is 8.69. The van der Waals surface area contributed by atoms with E-state index in [9.17, 15) is 9.59 Å². The van der Waals surface area contributed by atoms with Crippen LogP contribution in [0.2, 0.25) is 19.6 Å². The van der Waals surface area contributed by atoms with Crippen molar-refractivity contribution in [2.24, 2.45) is 0 Å². The first kappa shape index (κ1) is 24.2. The molecule has 6 nitrogen and oxygen atoms in total. The number of ether oxygens (including phenoxy) is 3. The van der Waals surface area contributed by atoms with E-state index in [1.807, 2.05) is 33.8 Å². The number of rotatable bonds is 9. The van der Waals surface area contributed by atoms with Crippen molar-refractivity contribution in [3.63, 3.8) is 0 Å². The molecule has 0 aliphatic carbocycles. The topological polar surface area (TPSA) is 65.1 Å². The van der Waals surface area contributed by atoms with E-state index in [0.29, 0.717) is 17.1 Å². The number of esters is 1. The molecule has 0 aromatic heterocycles. The summed E-state index contributed by atoms with van der Waals surface area (Å²) in [4.78, 5) is 27.4. The molecule has 7 heteroatoms. The molecule has 0 saturated heterocycles. The smallest absolute Gasteiger partial charge is 0.310 e. The zero-order valence-electron chi connectivity index (χ0n) is 18.7. The predicted molar refractivity (Wildman–Crippen MR) is 114 cm³/mol. The van der Waals surface area contributed by atoms with Crippen molar-refractivity contribution in [3.8, 4) is 11.5 Å². The van der Waals surface area contributed by atoms with Crippen LogP contribution in [0.1, 0.15) is 51.4 Å². The van der Waals surface area contributed by atoms with E-state index < -0.39 is 8.07 Å². The van der Waals surface area contributed by atoms with Crippen molar-refractivity contribution in [2.45, 2.75) is 72.8 Å². The van der Waals surface area contributed by atoms with Gasteiger partial charge in [0.2, 0.25) is 0 Å². The Morgan fingerprint density at radius 3 is 2.07 bits per heavy atom. The molecule has 1 rings (SSSR count). The Balaban J connectivity index is 3.71. The van der Waals surface area contributed by atoms with E-state index >= 15 is 0 Å². The van der Waals surface area contributed by atoms with Crippen molar-refractivity contribution in [1.29, 1.82) is 0 Å². The fourth-order valence-corrected chi connectivity index (χ4v) is 4.47. The van der Waals surface area contributed by atoms with Crippen LogP contribution in [0.5, 0.6) is 11.5 Å². The van der Waals surface area contributed by atoms with Gasteiger partial charge < -0.3 is 19.1 Å². The molecule has 0 spiro atoms. The van der Waals surface area contributed by atoms with E-state index in [1.54, 1.807) is 25.0 Å². The van der Waals surface area contributed by atoms with Crippen molar-refractivity contribution >= 4 is 25.1 Å². The SMILES string of the molecule is CCC(=O)Oc1c(C(=O)N(C(C)C)C(C)C)cc(OCOC)cc1[Si](C)(C)C. The fraction of sp³-hybridized carbons (Fsp3) is 0.619. The summed E-state index contributed by atoms with van der Waals surface area (Å²) in [6.45, 7) is 16.1. The second kappa shape index (κ2) is 10.1. The Labute approximate surface area is 170 Å². The standard InChI is InChI=1S/C21H35NO5Si/c1-10-19(23)27-20-17(21(24)22(14(2)3)15(4)5)11-16(26-13-25-6)12-18(20)28(7,8)9/h11-12,14-15H,10,13H2,1-9H3. The van der Waals surface area contributed by atoms with E-state index in [0.717, 1.165) is 5.19 Å². The molecule has 0 atom stereocenters. The lowest BCUT2D eigenvalue weighted by Crippen LogP contribution is -2.44. The van der Waals surface area contributed by atoms with E-state index in [-0.39, 0.29) is 37.2 Å². The van der Waals surface area contributed by atoms with Crippen molar-refractivity contribution in [3.05, 3.63) is 17.7 Å². The average Bonchev–Trinajstić information content (AvgIpc) is 2.58. The van der Waals surface area contributed by atoms with Crippen LogP contribution in [0.4, 0.5) is 0 Å². The summed E-state index contributed by atoms with van der Waals surface area (Å²) in [6, 6.07) is 3.53. The zero-order chi connectivity index (χ0) is 21.6. The van der Waals surface area contributed by atoms with Gasteiger partial charge in [-0.25, -0.2) is 0 Å². The van der Waals surface area contributed by atoms with Crippen molar-refractivity contribution in [1.82, 2.24) is 4.90 Å². The average molecular weight is 410 g/mol. The Morgan fingerprint density at radius 1 is 1.07 bits per heavy atom. The number of methoxy groups -OCH3 is 1. The summed E-state index contributed by atoms with van der Waals surface area (Å²) in [6.07, 6.45) is 0.235. The third kappa shape index (κ3) is 6.07. The minimum atomic E-state index is -1.96. The molecule has 0 N–H and O–H groups in total. The summed E-state index contributed by atoms with van der Waals surface area (Å²) in [5.74, 6) is 0.365. The molecule has 0 aliphatic rings. The van der Waals surface area contributed by atoms with Crippen LogP contribution in [0.3, 0.4) is 0 Å². The van der Waals surface area contributed by atoms with Gasteiger partial charge in [0.1, 0.15) is 11.5 Å². The molecule has 0 radical (unpaired) electrons. The van der Waals surface area contributed by atoms with Crippen LogP contribution in [-0.4, -0.2) is 50.8 Å². The van der Waals surface area contributed by atoms with Crippen LogP contribution in [0, 0.1) is 0 Å². The van der Waals surface area contributed by atoms with Gasteiger partial charge in [0, 0.05) is 25.6 Å². The fourth-order valence-electron chi connectivity index (χ4n) is 3.03. The van der Waals surface area contributed by atoms with Crippen LogP contribution in [-0.2, 0) is 9.53 Å². The number of amides is 1. The lowest BCUT2D eigenvalue weighted by molar-refractivity contribution is -0.133. The first-order valence-electron chi connectivity index (χ1n) is 9.77. The number of nitrogens with zero attached hydrogens (tertiary/aromatic N) is 1. The van der Waals surface area contributed by atoms with Gasteiger partial charge >= 0.3 is 5.97 Å². The molecule has 158 valence electrons. The Hall–Kier alpha value is -1.86. The number of benzene rings is 1. The van der Waals surface area contributed by atoms with Crippen molar-refractivity contribution < 1.29 is 23.8 Å². The number of carbonyl (C=O) groups excluding carboxylic acids is 2. The summed E-state index contributed by atoms with van der Waals surface area (Å²) >= 11 is 0. The Morgan fingerprint density at radius 2 is 1.64 bits per heavy atom. The van der Waals surface area contributed by atoms with Gasteiger partial charge in [-0.1, -0.05) is 26.6 Å². The Bertz CT molecular complexity index is 687. The van der Waals surface area contributed by atoms with Gasteiger partial charge in [-0.15, -0.1) is 0 Å². The second-order valence-corrected chi connectivity index (χ2v) is 13.4.